The maximum absolute atomic E-state index is 13.4. The van der Waals surface area contributed by atoms with Crippen LogP contribution in [0.25, 0.3) is 11.4 Å². The molecule has 0 unspecified atom stereocenters. The van der Waals surface area contributed by atoms with Crippen LogP contribution in [-0.4, -0.2) is 41.9 Å². The van der Waals surface area contributed by atoms with Gasteiger partial charge in [-0.05, 0) is 68.5 Å². The predicted molar refractivity (Wildman–Crippen MR) is 125 cm³/mol. The fraction of sp³-hybridized carbons (Fsp3) is 0.375. The largest absolute Gasteiger partial charge is 0.339 e. The molecule has 0 saturated carbocycles. The van der Waals surface area contributed by atoms with Crippen molar-refractivity contribution in [1.82, 2.24) is 14.4 Å². The number of benzene rings is 2. The minimum Gasteiger partial charge on any atom is -0.339 e. The molecule has 0 bridgehead atoms. The van der Waals surface area contributed by atoms with E-state index in [0.717, 1.165) is 11.3 Å². The van der Waals surface area contributed by atoms with E-state index in [4.69, 9.17) is 4.52 Å². The molecule has 1 aliphatic rings. The number of hydrogen-bond donors (Lipinski definition) is 1. The molecule has 1 aromatic heterocycles. The van der Waals surface area contributed by atoms with E-state index in [1.807, 2.05) is 32.0 Å². The van der Waals surface area contributed by atoms with Gasteiger partial charge in [-0.25, -0.2) is 8.42 Å². The second-order valence-electron chi connectivity index (χ2n) is 8.58. The first kappa shape index (κ1) is 23.1. The van der Waals surface area contributed by atoms with Crippen LogP contribution < -0.4 is 5.32 Å². The molecule has 3 aromatic rings. The minimum absolute atomic E-state index is 0.0686. The SMILES string of the molecule is Cc1nc(-c2ccc(C)c(S(=O)(=O)N3CCC(C(=O)Nc4ccc(C)c(C)c4)CC3)c2)no1. The van der Waals surface area contributed by atoms with Gasteiger partial charge in [-0.1, -0.05) is 23.4 Å². The number of nitrogens with one attached hydrogen (secondary N) is 1. The summed E-state index contributed by atoms with van der Waals surface area (Å²) in [4.78, 5) is 17.2. The molecule has 174 valence electrons. The van der Waals surface area contributed by atoms with Crippen LogP contribution in [0.4, 0.5) is 5.69 Å². The van der Waals surface area contributed by atoms with E-state index in [1.165, 1.54) is 9.87 Å². The minimum atomic E-state index is -3.72. The Kier molecular flexibility index (Phi) is 6.36. The topological polar surface area (TPSA) is 105 Å². The smallest absolute Gasteiger partial charge is 0.243 e. The molecule has 2 aromatic carbocycles. The summed E-state index contributed by atoms with van der Waals surface area (Å²) in [5.41, 5.74) is 4.28. The summed E-state index contributed by atoms with van der Waals surface area (Å²) < 4.78 is 33.3. The van der Waals surface area contributed by atoms with Crippen molar-refractivity contribution < 1.29 is 17.7 Å². The number of carbonyl (C=O) groups is 1. The third-order valence-electron chi connectivity index (χ3n) is 6.19. The normalized spacial score (nSPS) is 15.5. The van der Waals surface area contributed by atoms with Crippen molar-refractivity contribution in [3.05, 3.63) is 59.0 Å². The zero-order valence-electron chi connectivity index (χ0n) is 19.3. The first-order chi connectivity index (χ1) is 15.6. The van der Waals surface area contributed by atoms with Crippen molar-refractivity contribution in [2.24, 2.45) is 5.92 Å². The third kappa shape index (κ3) is 4.84. The van der Waals surface area contributed by atoms with Gasteiger partial charge in [0.2, 0.25) is 27.6 Å². The van der Waals surface area contributed by atoms with Gasteiger partial charge in [0.15, 0.2) is 0 Å². The number of sulfonamides is 1. The standard InChI is InChI=1S/C24H28N4O4S/c1-15-6-8-21(13-17(15)3)26-24(29)19-9-11-28(12-10-19)33(30,31)22-14-20(7-5-16(22)2)23-25-18(4)32-27-23/h5-8,13-14,19H,9-12H2,1-4H3,(H,26,29). The van der Waals surface area contributed by atoms with E-state index in [-0.39, 0.29) is 16.7 Å². The van der Waals surface area contributed by atoms with Gasteiger partial charge in [0, 0.05) is 37.2 Å². The Bertz CT molecular complexity index is 1290. The number of amides is 1. The first-order valence-electron chi connectivity index (χ1n) is 10.9. The van der Waals surface area contributed by atoms with Crippen molar-refractivity contribution >= 4 is 21.6 Å². The molecule has 1 aliphatic heterocycles. The highest BCUT2D eigenvalue weighted by Crippen LogP contribution is 2.29. The van der Waals surface area contributed by atoms with Crippen LogP contribution in [0.5, 0.6) is 0 Å². The number of hydrogen-bond acceptors (Lipinski definition) is 6. The lowest BCUT2D eigenvalue weighted by atomic mass is 9.97. The van der Waals surface area contributed by atoms with Crippen molar-refractivity contribution in [3.8, 4) is 11.4 Å². The van der Waals surface area contributed by atoms with Gasteiger partial charge in [-0.15, -0.1) is 0 Å². The molecule has 0 spiro atoms. The van der Waals surface area contributed by atoms with Crippen LogP contribution in [0.2, 0.25) is 0 Å². The van der Waals surface area contributed by atoms with Crippen LogP contribution in [0.1, 0.15) is 35.4 Å². The average molecular weight is 469 g/mol. The number of anilines is 1. The number of rotatable bonds is 5. The van der Waals surface area contributed by atoms with E-state index in [2.05, 4.69) is 15.5 Å². The fourth-order valence-corrected chi connectivity index (χ4v) is 5.72. The van der Waals surface area contributed by atoms with Crippen molar-refractivity contribution in [1.29, 1.82) is 0 Å². The molecule has 0 radical (unpaired) electrons. The number of nitrogens with zero attached hydrogens (tertiary/aromatic N) is 3. The fourth-order valence-electron chi connectivity index (χ4n) is 3.99. The summed E-state index contributed by atoms with van der Waals surface area (Å²) in [6, 6.07) is 10.9. The van der Waals surface area contributed by atoms with Crippen LogP contribution >= 0.6 is 0 Å². The van der Waals surface area contributed by atoms with Crippen LogP contribution in [0.3, 0.4) is 0 Å². The van der Waals surface area contributed by atoms with Gasteiger partial charge in [0.1, 0.15) is 0 Å². The van der Waals surface area contributed by atoms with Crippen molar-refractivity contribution in [3.63, 3.8) is 0 Å². The average Bonchev–Trinajstić information content (AvgIpc) is 3.23. The van der Waals surface area contributed by atoms with Gasteiger partial charge in [-0.2, -0.15) is 9.29 Å². The van der Waals surface area contributed by atoms with Crippen molar-refractivity contribution in [2.75, 3.05) is 18.4 Å². The third-order valence-corrected chi connectivity index (χ3v) is 8.23. The molecule has 0 atom stereocenters. The zero-order valence-corrected chi connectivity index (χ0v) is 20.1. The summed E-state index contributed by atoms with van der Waals surface area (Å²) >= 11 is 0. The molecular weight excluding hydrogens is 440 g/mol. The van der Waals surface area contributed by atoms with Gasteiger partial charge >= 0.3 is 0 Å². The molecule has 1 saturated heterocycles. The Labute approximate surface area is 194 Å². The number of aromatic nitrogens is 2. The molecule has 33 heavy (non-hydrogen) atoms. The predicted octanol–water partition coefficient (Wildman–Crippen LogP) is 4.01. The molecule has 4 rings (SSSR count). The Morgan fingerprint density at radius 3 is 2.33 bits per heavy atom. The Morgan fingerprint density at radius 2 is 1.70 bits per heavy atom. The van der Waals surface area contributed by atoms with E-state index < -0.39 is 10.0 Å². The lowest BCUT2D eigenvalue weighted by Crippen LogP contribution is -2.41. The molecule has 8 nitrogen and oxygen atoms in total. The second-order valence-corrected chi connectivity index (χ2v) is 10.5. The number of aryl methyl sites for hydroxylation is 4. The highest BCUT2D eigenvalue weighted by molar-refractivity contribution is 7.89. The highest BCUT2D eigenvalue weighted by Gasteiger charge is 2.33. The first-order valence-corrected chi connectivity index (χ1v) is 12.4. The number of carbonyl (C=O) groups excluding carboxylic acids is 1. The van der Waals surface area contributed by atoms with Gasteiger partial charge in [0.25, 0.3) is 0 Å². The Balaban J connectivity index is 1.45. The van der Waals surface area contributed by atoms with Gasteiger partial charge in [-0.3, -0.25) is 4.79 Å². The van der Waals surface area contributed by atoms with E-state index >= 15 is 0 Å². The summed E-state index contributed by atoms with van der Waals surface area (Å²) in [6.45, 7) is 8.06. The molecule has 1 amide bonds. The van der Waals surface area contributed by atoms with E-state index in [9.17, 15) is 13.2 Å². The molecule has 0 aliphatic carbocycles. The highest BCUT2D eigenvalue weighted by atomic mass is 32.2. The molecule has 9 heteroatoms. The quantitative estimate of drug-likeness (QED) is 0.607. The lowest BCUT2D eigenvalue weighted by Gasteiger charge is -2.31. The van der Waals surface area contributed by atoms with Crippen molar-refractivity contribution in [2.45, 2.75) is 45.4 Å². The van der Waals surface area contributed by atoms with E-state index in [0.29, 0.717) is 48.8 Å². The van der Waals surface area contributed by atoms with Crippen LogP contribution in [0, 0.1) is 33.6 Å². The second kappa shape index (κ2) is 9.07. The summed E-state index contributed by atoms with van der Waals surface area (Å²) in [5.74, 6) is 0.468. The Morgan fingerprint density at radius 1 is 1.00 bits per heavy atom. The Hall–Kier alpha value is -3.04. The maximum atomic E-state index is 13.4. The molecular formula is C24H28N4O4S. The van der Waals surface area contributed by atoms with Gasteiger partial charge < -0.3 is 9.84 Å². The molecule has 2 heterocycles. The summed E-state index contributed by atoms with van der Waals surface area (Å²) in [5, 5.41) is 6.86. The monoisotopic (exact) mass is 468 g/mol. The maximum Gasteiger partial charge on any atom is 0.243 e. The van der Waals surface area contributed by atoms with E-state index in [1.54, 1.807) is 32.0 Å². The lowest BCUT2D eigenvalue weighted by molar-refractivity contribution is -0.120. The van der Waals surface area contributed by atoms with Crippen LogP contribution in [-0.2, 0) is 14.8 Å². The number of piperidine rings is 1. The zero-order chi connectivity index (χ0) is 23.8. The molecule has 1 fully saturated rings. The van der Waals surface area contributed by atoms with Crippen LogP contribution in [0.15, 0.2) is 45.8 Å². The molecule has 1 N–H and O–H groups in total. The van der Waals surface area contributed by atoms with Gasteiger partial charge in [0.05, 0.1) is 4.90 Å². The summed E-state index contributed by atoms with van der Waals surface area (Å²) in [7, 11) is -3.72. The summed E-state index contributed by atoms with van der Waals surface area (Å²) in [6.07, 6.45) is 0.942.